The number of likely N-dealkylation sites (tertiary alicyclic amines) is 2. The Hall–Kier alpha value is -2.49. The first-order chi connectivity index (χ1) is 23.3. The Balaban J connectivity index is 1.04. The van der Waals surface area contributed by atoms with Crippen LogP contribution in [0.3, 0.4) is 0 Å². The number of anilines is 1. The topological polar surface area (TPSA) is 70.2 Å². The van der Waals surface area contributed by atoms with Crippen molar-refractivity contribution in [2.45, 2.75) is 86.2 Å². The molecule has 48 heavy (non-hydrogen) atoms. The lowest BCUT2D eigenvalue weighted by Crippen LogP contribution is -2.57. The van der Waals surface area contributed by atoms with Crippen LogP contribution in [0.4, 0.5) is 10.1 Å². The number of carbonyl (C=O) groups excluding carboxylic acids is 1. The van der Waals surface area contributed by atoms with E-state index in [9.17, 15) is 13.2 Å². The van der Waals surface area contributed by atoms with Crippen LogP contribution in [-0.4, -0.2) is 88.9 Å². The normalized spacial score (nSPS) is 26.2. The van der Waals surface area contributed by atoms with E-state index in [1.807, 2.05) is 24.3 Å². The number of piperidine rings is 2. The molecule has 2 aromatic rings. The van der Waals surface area contributed by atoms with Crippen LogP contribution >= 0.6 is 0 Å². The summed E-state index contributed by atoms with van der Waals surface area (Å²) in [5.74, 6) is 1.31. The van der Waals surface area contributed by atoms with Gasteiger partial charge in [-0.15, -0.1) is 0 Å². The smallest absolute Gasteiger partial charge is 0.305 e. The molecule has 5 fully saturated rings. The molecule has 0 radical (unpaired) electrons. The van der Waals surface area contributed by atoms with Crippen LogP contribution in [0, 0.1) is 29.5 Å². The second kappa shape index (κ2) is 14.4. The average molecular weight is 680 g/mol. The molecule has 0 aromatic heterocycles. The third-order valence-electron chi connectivity index (χ3n) is 12.6. The zero-order chi connectivity index (χ0) is 33.3. The van der Waals surface area contributed by atoms with E-state index in [0.717, 1.165) is 109 Å². The van der Waals surface area contributed by atoms with E-state index in [1.165, 1.54) is 26.4 Å². The van der Waals surface area contributed by atoms with E-state index >= 15 is 4.39 Å². The zero-order valence-corrected chi connectivity index (χ0v) is 29.5. The van der Waals surface area contributed by atoms with Crippen LogP contribution < -0.4 is 4.90 Å². The van der Waals surface area contributed by atoms with Gasteiger partial charge >= 0.3 is 5.97 Å². The van der Waals surface area contributed by atoms with Gasteiger partial charge < -0.3 is 19.4 Å². The van der Waals surface area contributed by atoms with Gasteiger partial charge in [-0.2, -0.15) is 0 Å². The fraction of sp³-hybridized carbons (Fsp3) is 0.667. The summed E-state index contributed by atoms with van der Waals surface area (Å²) in [6, 6.07) is 15.0. The van der Waals surface area contributed by atoms with Gasteiger partial charge in [0, 0.05) is 49.6 Å². The number of carbonyl (C=O) groups is 1. The van der Waals surface area contributed by atoms with Crippen molar-refractivity contribution in [2.75, 3.05) is 64.4 Å². The summed E-state index contributed by atoms with van der Waals surface area (Å²) >= 11 is 0. The van der Waals surface area contributed by atoms with Gasteiger partial charge in [-0.3, -0.25) is 4.79 Å². The Morgan fingerprint density at radius 1 is 0.875 bits per heavy atom. The first-order valence-electron chi connectivity index (χ1n) is 18.6. The first-order valence-corrected chi connectivity index (χ1v) is 20.2. The van der Waals surface area contributed by atoms with Crippen molar-refractivity contribution in [3.8, 4) is 0 Å². The number of ether oxygens (including phenoxy) is 1. The average Bonchev–Trinajstić information content (AvgIpc) is 3.86. The summed E-state index contributed by atoms with van der Waals surface area (Å²) in [4.78, 5) is 20.8. The molecule has 7 rings (SSSR count). The molecule has 0 spiro atoms. The molecule has 262 valence electrons. The molecule has 9 heteroatoms. The van der Waals surface area contributed by atoms with Gasteiger partial charge in [-0.05, 0) is 137 Å². The lowest BCUT2D eigenvalue weighted by molar-refractivity contribution is -0.142. The number of hydrogen-bond donors (Lipinski definition) is 0. The largest absolute Gasteiger partial charge is 0.469 e. The van der Waals surface area contributed by atoms with E-state index < -0.39 is 9.84 Å². The molecule has 3 atom stereocenters. The minimum atomic E-state index is -3.15. The fourth-order valence-corrected chi connectivity index (χ4v) is 11.6. The van der Waals surface area contributed by atoms with Crippen LogP contribution in [0.15, 0.2) is 53.4 Å². The van der Waals surface area contributed by atoms with Crippen molar-refractivity contribution < 1.29 is 22.3 Å². The van der Waals surface area contributed by atoms with Crippen molar-refractivity contribution >= 4 is 21.5 Å². The van der Waals surface area contributed by atoms with E-state index in [4.69, 9.17) is 4.74 Å². The zero-order valence-electron chi connectivity index (χ0n) is 28.7. The molecule has 3 aliphatic heterocycles. The van der Waals surface area contributed by atoms with Crippen LogP contribution in [0.25, 0.3) is 0 Å². The van der Waals surface area contributed by atoms with Crippen molar-refractivity contribution in [1.82, 2.24) is 9.80 Å². The highest BCUT2D eigenvalue weighted by Crippen LogP contribution is 2.54. The number of esters is 1. The fourth-order valence-electron chi connectivity index (χ4n) is 9.92. The first kappa shape index (κ1) is 34.0. The highest BCUT2D eigenvalue weighted by atomic mass is 32.2. The Labute approximate surface area is 287 Å². The molecular weight excluding hydrogens is 626 g/mol. The Morgan fingerprint density at radius 3 is 2.27 bits per heavy atom. The van der Waals surface area contributed by atoms with E-state index in [2.05, 4.69) is 20.8 Å². The Bertz CT molecular complexity index is 1510. The molecule has 3 heterocycles. The van der Waals surface area contributed by atoms with Crippen molar-refractivity contribution in [3.05, 3.63) is 59.9 Å². The number of halogens is 1. The number of sulfone groups is 1. The van der Waals surface area contributed by atoms with Gasteiger partial charge in [0.15, 0.2) is 9.84 Å². The van der Waals surface area contributed by atoms with Gasteiger partial charge in [0.2, 0.25) is 0 Å². The minimum Gasteiger partial charge on any atom is -0.469 e. The molecular formula is C39H54FN3O4S. The third kappa shape index (κ3) is 7.06. The monoisotopic (exact) mass is 679 g/mol. The summed E-state index contributed by atoms with van der Waals surface area (Å²) in [6.07, 6.45) is 11.1. The number of hydrogen-bond acceptors (Lipinski definition) is 7. The summed E-state index contributed by atoms with van der Waals surface area (Å²) < 4.78 is 45.5. The van der Waals surface area contributed by atoms with Gasteiger partial charge in [0.25, 0.3) is 0 Å². The van der Waals surface area contributed by atoms with E-state index in [-0.39, 0.29) is 28.4 Å². The minimum absolute atomic E-state index is 0.124. The standard InChI is InChI=1S/C39H54FN3O4S/c1-47-38(44)23-30-7-5-10-37(30)39(28-42-19-3-2-4-20-42,32-8-6-9-33(40)24-32)31-17-21-41(22-18-31)25-29-26-43(27-29)34-11-13-35(14-12-34)48(45,46)36-15-16-36/h6,8-9,11-14,24,29-31,36-37H,2-5,7,10,15-23,25-28H2,1H3/t30-,37+,39+/m1/s1. The van der Waals surface area contributed by atoms with E-state index in [0.29, 0.717) is 29.1 Å². The van der Waals surface area contributed by atoms with Gasteiger partial charge in [0.05, 0.1) is 17.3 Å². The Morgan fingerprint density at radius 2 is 1.60 bits per heavy atom. The van der Waals surface area contributed by atoms with Crippen molar-refractivity contribution in [1.29, 1.82) is 0 Å². The quantitative estimate of drug-likeness (QED) is 0.244. The molecule has 7 nitrogen and oxygen atoms in total. The number of nitrogens with zero attached hydrogens (tertiary/aromatic N) is 3. The summed E-state index contributed by atoms with van der Waals surface area (Å²) in [7, 11) is -1.66. The maximum Gasteiger partial charge on any atom is 0.305 e. The molecule has 3 saturated heterocycles. The molecule has 2 aliphatic carbocycles. The van der Waals surface area contributed by atoms with Crippen molar-refractivity contribution in [3.63, 3.8) is 0 Å². The van der Waals surface area contributed by atoms with Crippen LogP contribution in [0.5, 0.6) is 0 Å². The molecule has 2 saturated carbocycles. The molecule has 0 amide bonds. The predicted molar refractivity (Wildman–Crippen MR) is 187 cm³/mol. The van der Waals surface area contributed by atoms with Gasteiger partial charge in [-0.1, -0.05) is 25.0 Å². The summed E-state index contributed by atoms with van der Waals surface area (Å²) in [5.41, 5.74) is 2.04. The van der Waals surface area contributed by atoms with Crippen LogP contribution in [0.2, 0.25) is 0 Å². The van der Waals surface area contributed by atoms with Gasteiger partial charge in [-0.25, -0.2) is 12.8 Å². The molecule has 0 N–H and O–H groups in total. The SMILES string of the molecule is COC(=O)C[C@H]1CCC[C@@H]1[C@](CN1CCCCC1)(c1cccc(F)c1)C1CCN(CC2CN(c3ccc(S(=O)(=O)C4CC4)cc3)C2)CC1. The molecule has 0 unspecified atom stereocenters. The number of benzene rings is 2. The lowest BCUT2D eigenvalue weighted by atomic mass is 9.56. The van der Waals surface area contributed by atoms with Crippen LogP contribution in [-0.2, 0) is 24.8 Å². The second-order valence-electron chi connectivity index (χ2n) is 15.5. The lowest BCUT2D eigenvalue weighted by Gasteiger charge is -2.53. The molecule has 5 aliphatic rings. The number of methoxy groups -OCH3 is 1. The predicted octanol–water partition coefficient (Wildman–Crippen LogP) is 6.31. The molecule has 0 bridgehead atoms. The maximum absolute atomic E-state index is 15.1. The highest BCUT2D eigenvalue weighted by molar-refractivity contribution is 7.92. The second-order valence-corrected chi connectivity index (χ2v) is 17.8. The third-order valence-corrected chi connectivity index (χ3v) is 14.8. The van der Waals surface area contributed by atoms with Crippen molar-refractivity contribution in [2.24, 2.45) is 23.7 Å². The summed E-state index contributed by atoms with van der Waals surface area (Å²) in [5, 5.41) is -0.177. The van der Waals surface area contributed by atoms with E-state index in [1.54, 1.807) is 18.2 Å². The maximum atomic E-state index is 15.1. The summed E-state index contributed by atoms with van der Waals surface area (Å²) in [6.45, 7) is 8.29. The highest BCUT2D eigenvalue weighted by Gasteiger charge is 2.52. The molecule has 2 aromatic carbocycles. The Kier molecular flexibility index (Phi) is 10.2. The van der Waals surface area contributed by atoms with Gasteiger partial charge in [0.1, 0.15) is 5.82 Å². The number of rotatable bonds is 12. The van der Waals surface area contributed by atoms with Crippen LogP contribution in [0.1, 0.15) is 76.2 Å².